The first-order valence-corrected chi connectivity index (χ1v) is 4.68. The van der Waals surface area contributed by atoms with E-state index >= 15 is 0 Å². The first-order valence-electron chi connectivity index (χ1n) is 3.60. The lowest BCUT2D eigenvalue weighted by Crippen LogP contribution is -2.00. The fraction of sp³-hybridized carbons (Fsp3) is 0. The minimum Gasteiger partial charge on any atom is -0.755 e. The first kappa shape index (κ1) is 8.28. The van der Waals surface area contributed by atoms with E-state index in [1.165, 1.54) is 0 Å². The summed E-state index contributed by atoms with van der Waals surface area (Å²) < 4.78 is 27.9. The van der Waals surface area contributed by atoms with Gasteiger partial charge in [-0.2, -0.15) is 0 Å². The Hall–Kier alpha value is -1.33. The summed E-state index contributed by atoms with van der Waals surface area (Å²) in [5.74, 6) is 0.231. The maximum atomic E-state index is 10.3. The van der Waals surface area contributed by atoms with Crippen molar-refractivity contribution in [1.82, 2.24) is 0 Å². The van der Waals surface area contributed by atoms with Gasteiger partial charge < -0.3 is 8.97 Å². The Morgan fingerprint density at radius 2 is 2.15 bits per heavy atom. The summed E-state index contributed by atoms with van der Waals surface area (Å²) >= 11 is -2.34. The molecule has 0 aliphatic rings. The molecule has 0 fully saturated rings. The first-order chi connectivity index (χ1) is 6.25. The SMILES string of the molecule is O=S([O-])Nc1cc2ccccc2o1. The molecule has 1 N–H and O–H groups in total. The Morgan fingerprint density at radius 3 is 2.85 bits per heavy atom. The van der Waals surface area contributed by atoms with E-state index in [0.717, 1.165) is 5.39 Å². The van der Waals surface area contributed by atoms with Crippen LogP contribution in [0.5, 0.6) is 0 Å². The van der Waals surface area contributed by atoms with E-state index < -0.39 is 11.3 Å². The van der Waals surface area contributed by atoms with Crippen molar-refractivity contribution in [2.75, 3.05) is 4.72 Å². The van der Waals surface area contributed by atoms with Crippen molar-refractivity contribution < 1.29 is 13.2 Å². The second-order valence-electron chi connectivity index (χ2n) is 2.49. The van der Waals surface area contributed by atoms with Gasteiger partial charge in [0.2, 0.25) is 5.88 Å². The molecule has 0 radical (unpaired) electrons. The summed E-state index contributed by atoms with van der Waals surface area (Å²) in [7, 11) is 0. The number of hydrogen-bond acceptors (Lipinski definition) is 3. The summed E-state index contributed by atoms with van der Waals surface area (Å²) in [5, 5.41) is 0.871. The summed E-state index contributed by atoms with van der Waals surface area (Å²) in [6, 6.07) is 8.93. The normalized spacial score (nSPS) is 13.0. The van der Waals surface area contributed by atoms with Crippen molar-refractivity contribution >= 4 is 28.1 Å². The number of furan rings is 1. The molecule has 0 aliphatic heterocycles. The summed E-state index contributed by atoms with van der Waals surface area (Å²) in [5.41, 5.74) is 0.662. The van der Waals surface area contributed by atoms with E-state index in [1.54, 1.807) is 12.1 Å². The van der Waals surface area contributed by atoms with Crippen LogP contribution < -0.4 is 4.72 Å². The standard InChI is InChI=1S/C8H7NO3S/c10-13(11)9-8-5-6-3-1-2-4-7(6)12-8/h1-5,9H,(H,10,11)/p-1. The van der Waals surface area contributed by atoms with Crippen molar-refractivity contribution in [2.45, 2.75) is 0 Å². The van der Waals surface area contributed by atoms with Gasteiger partial charge in [0.1, 0.15) is 5.58 Å². The molecule has 5 heteroatoms. The van der Waals surface area contributed by atoms with Crippen molar-refractivity contribution in [3.8, 4) is 0 Å². The molecule has 0 amide bonds. The Labute approximate surface area is 77.0 Å². The quantitative estimate of drug-likeness (QED) is 0.742. The Kier molecular flexibility index (Phi) is 2.03. The van der Waals surface area contributed by atoms with Crippen LogP contribution in [0.15, 0.2) is 34.7 Å². The van der Waals surface area contributed by atoms with Gasteiger partial charge >= 0.3 is 0 Å². The predicted molar refractivity (Wildman–Crippen MR) is 48.8 cm³/mol. The third kappa shape index (κ3) is 1.71. The lowest BCUT2D eigenvalue weighted by Gasteiger charge is -2.02. The van der Waals surface area contributed by atoms with Crippen LogP contribution in [0.1, 0.15) is 0 Å². The number of hydrogen-bond donors (Lipinski definition) is 1. The topological polar surface area (TPSA) is 65.3 Å². The number of nitrogens with one attached hydrogen (secondary N) is 1. The molecule has 0 saturated carbocycles. The van der Waals surface area contributed by atoms with Crippen molar-refractivity contribution in [1.29, 1.82) is 0 Å². The molecule has 1 aromatic heterocycles. The van der Waals surface area contributed by atoms with Crippen LogP contribution >= 0.6 is 0 Å². The van der Waals surface area contributed by atoms with E-state index in [2.05, 4.69) is 4.72 Å². The molecule has 1 atom stereocenters. The third-order valence-corrected chi connectivity index (χ3v) is 1.98. The fourth-order valence-electron chi connectivity index (χ4n) is 1.11. The molecule has 4 nitrogen and oxygen atoms in total. The zero-order valence-electron chi connectivity index (χ0n) is 6.52. The van der Waals surface area contributed by atoms with E-state index in [1.807, 2.05) is 18.2 Å². The molecule has 2 rings (SSSR count). The highest BCUT2D eigenvalue weighted by molar-refractivity contribution is 7.80. The van der Waals surface area contributed by atoms with Gasteiger partial charge in [0, 0.05) is 22.7 Å². The van der Waals surface area contributed by atoms with Gasteiger partial charge in [0.05, 0.1) is 0 Å². The van der Waals surface area contributed by atoms with E-state index in [9.17, 15) is 8.76 Å². The largest absolute Gasteiger partial charge is 0.755 e. The minimum absolute atomic E-state index is 0.231. The third-order valence-electron chi connectivity index (χ3n) is 1.61. The molecule has 0 bridgehead atoms. The molecule has 1 aromatic carbocycles. The highest BCUT2D eigenvalue weighted by atomic mass is 32.2. The van der Waals surface area contributed by atoms with Crippen LogP contribution in [0, 0.1) is 0 Å². The van der Waals surface area contributed by atoms with Gasteiger partial charge in [-0.05, 0) is 6.07 Å². The predicted octanol–water partition coefficient (Wildman–Crippen LogP) is 1.64. The average Bonchev–Trinajstić information content (AvgIpc) is 2.44. The Balaban J connectivity index is 2.44. The van der Waals surface area contributed by atoms with E-state index in [0.29, 0.717) is 5.58 Å². The maximum absolute atomic E-state index is 10.3. The number of para-hydroxylation sites is 1. The lowest BCUT2D eigenvalue weighted by molar-refractivity contribution is 0.539. The van der Waals surface area contributed by atoms with E-state index in [-0.39, 0.29) is 5.88 Å². The number of fused-ring (bicyclic) bond motifs is 1. The smallest absolute Gasteiger partial charge is 0.205 e. The minimum atomic E-state index is -2.34. The van der Waals surface area contributed by atoms with Crippen LogP contribution in [0.3, 0.4) is 0 Å². The highest BCUT2D eigenvalue weighted by Gasteiger charge is 2.00. The van der Waals surface area contributed by atoms with Gasteiger partial charge in [0.25, 0.3) is 0 Å². The molecule has 1 unspecified atom stereocenters. The Morgan fingerprint density at radius 1 is 1.38 bits per heavy atom. The van der Waals surface area contributed by atoms with Crippen LogP contribution in [0.25, 0.3) is 11.0 Å². The maximum Gasteiger partial charge on any atom is 0.205 e. The molecule has 68 valence electrons. The number of anilines is 1. The van der Waals surface area contributed by atoms with Crippen LogP contribution in [-0.2, 0) is 11.3 Å². The molecule has 2 aromatic rings. The van der Waals surface area contributed by atoms with Crippen molar-refractivity contribution in [2.24, 2.45) is 0 Å². The second kappa shape index (κ2) is 3.20. The zero-order chi connectivity index (χ0) is 9.26. The molecule has 1 heterocycles. The summed E-state index contributed by atoms with van der Waals surface area (Å²) in [4.78, 5) is 0. The number of rotatable bonds is 2. The fourth-order valence-corrected chi connectivity index (χ4v) is 1.38. The van der Waals surface area contributed by atoms with Gasteiger partial charge in [-0.25, -0.2) is 0 Å². The zero-order valence-corrected chi connectivity index (χ0v) is 7.34. The van der Waals surface area contributed by atoms with Crippen LogP contribution in [0.4, 0.5) is 5.88 Å². The molecular weight excluding hydrogens is 190 g/mol. The monoisotopic (exact) mass is 196 g/mol. The van der Waals surface area contributed by atoms with Crippen LogP contribution in [-0.4, -0.2) is 8.76 Å². The van der Waals surface area contributed by atoms with Gasteiger partial charge in [-0.1, -0.05) is 18.2 Å². The van der Waals surface area contributed by atoms with Gasteiger partial charge in [-0.3, -0.25) is 8.93 Å². The summed E-state index contributed by atoms with van der Waals surface area (Å²) in [6.07, 6.45) is 0. The molecule has 0 spiro atoms. The van der Waals surface area contributed by atoms with Gasteiger partial charge in [-0.15, -0.1) is 0 Å². The molecule has 13 heavy (non-hydrogen) atoms. The Bertz CT molecular complexity index is 418. The highest BCUT2D eigenvalue weighted by Crippen LogP contribution is 2.22. The molecule has 0 saturated heterocycles. The van der Waals surface area contributed by atoms with Crippen molar-refractivity contribution in [3.63, 3.8) is 0 Å². The van der Waals surface area contributed by atoms with E-state index in [4.69, 9.17) is 4.42 Å². The average molecular weight is 196 g/mol. The molecule has 0 aliphatic carbocycles. The lowest BCUT2D eigenvalue weighted by atomic mass is 10.3. The van der Waals surface area contributed by atoms with Gasteiger partial charge in [0.15, 0.2) is 0 Å². The second-order valence-corrected chi connectivity index (χ2v) is 3.16. The van der Waals surface area contributed by atoms with Crippen molar-refractivity contribution in [3.05, 3.63) is 30.3 Å². The van der Waals surface area contributed by atoms with Crippen LogP contribution in [0.2, 0.25) is 0 Å². The number of benzene rings is 1. The molecular formula is C8H6NO3S-. The summed E-state index contributed by atoms with van der Waals surface area (Å²) in [6.45, 7) is 0.